The van der Waals surface area contributed by atoms with Gasteiger partial charge < -0.3 is 20.6 Å². The number of amides is 1. The molecule has 0 aliphatic heterocycles. The van der Waals surface area contributed by atoms with Gasteiger partial charge in [-0.3, -0.25) is 9.59 Å². The highest BCUT2D eigenvalue weighted by atomic mass is 16.4. The molecule has 0 spiro atoms. The molecule has 0 saturated heterocycles. The smallest absolute Gasteiger partial charge is 0.307 e. The molecule has 0 heterocycles. The van der Waals surface area contributed by atoms with Gasteiger partial charge in [0.15, 0.2) is 0 Å². The third-order valence-corrected chi connectivity index (χ3v) is 3.10. The zero-order valence-electron chi connectivity index (χ0n) is 9.30. The van der Waals surface area contributed by atoms with Crippen molar-refractivity contribution >= 4 is 11.9 Å². The lowest BCUT2D eigenvalue weighted by Crippen LogP contribution is -2.35. The predicted molar refractivity (Wildman–Crippen MR) is 54.5 cm³/mol. The summed E-state index contributed by atoms with van der Waals surface area (Å²) in [7, 11) is 0. The summed E-state index contributed by atoms with van der Waals surface area (Å²) in [6.45, 7) is 2.95. The third-order valence-electron chi connectivity index (χ3n) is 3.10. The second kappa shape index (κ2) is 4.39. The van der Waals surface area contributed by atoms with Crippen molar-refractivity contribution in [2.24, 2.45) is 17.3 Å². The Hall–Kier alpha value is -1.14. The van der Waals surface area contributed by atoms with Crippen molar-refractivity contribution < 1.29 is 24.9 Å². The third kappa shape index (κ3) is 2.33. The van der Waals surface area contributed by atoms with Gasteiger partial charge in [-0.05, 0) is 5.41 Å². The number of aliphatic hydroxyl groups is 2. The predicted octanol–water partition coefficient (Wildman–Crippen LogP) is -1.19. The second-order valence-corrected chi connectivity index (χ2v) is 4.70. The fraction of sp³-hybridized carbons (Fsp3) is 0.800. The van der Waals surface area contributed by atoms with Gasteiger partial charge in [-0.25, -0.2) is 0 Å². The van der Waals surface area contributed by atoms with E-state index in [9.17, 15) is 9.59 Å². The molecule has 4 N–H and O–H groups in total. The molecule has 0 aromatic rings. The first-order valence-electron chi connectivity index (χ1n) is 5.11. The Balaban J connectivity index is 2.48. The van der Waals surface area contributed by atoms with E-state index in [1.54, 1.807) is 13.8 Å². The molecular weight excluding hydrogens is 214 g/mol. The van der Waals surface area contributed by atoms with Gasteiger partial charge in [0, 0.05) is 6.54 Å². The fourth-order valence-electron chi connectivity index (χ4n) is 1.98. The van der Waals surface area contributed by atoms with E-state index in [0.717, 1.165) is 0 Å². The highest BCUT2D eigenvalue weighted by Crippen LogP contribution is 2.58. The zero-order valence-corrected chi connectivity index (χ0v) is 9.30. The van der Waals surface area contributed by atoms with Crippen LogP contribution in [0.1, 0.15) is 13.8 Å². The van der Waals surface area contributed by atoms with Crippen LogP contribution in [-0.4, -0.2) is 46.5 Å². The summed E-state index contributed by atoms with van der Waals surface area (Å²) in [6.07, 6.45) is -1.01. The van der Waals surface area contributed by atoms with Crippen LogP contribution in [0.25, 0.3) is 0 Å². The number of carboxylic acids is 1. The van der Waals surface area contributed by atoms with Gasteiger partial charge in [-0.2, -0.15) is 0 Å². The number of nitrogens with one attached hydrogen (secondary N) is 1. The molecule has 1 rings (SSSR count). The van der Waals surface area contributed by atoms with E-state index in [1.165, 1.54) is 0 Å². The van der Waals surface area contributed by atoms with E-state index in [1.807, 2.05) is 0 Å². The van der Waals surface area contributed by atoms with E-state index in [2.05, 4.69) is 5.32 Å². The maximum absolute atomic E-state index is 11.6. The molecule has 1 saturated carbocycles. The molecule has 3 atom stereocenters. The summed E-state index contributed by atoms with van der Waals surface area (Å²) in [4.78, 5) is 22.4. The number of carboxylic acid groups (broad SMARTS) is 1. The molecule has 0 aromatic carbocycles. The highest BCUT2D eigenvalue weighted by molar-refractivity contribution is 5.91. The van der Waals surface area contributed by atoms with Crippen molar-refractivity contribution in [3.05, 3.63) is 0 Å². The number of rotatable bonds is 5. The minimum absolute atomic E-state index is 0.0613. The van der Waals surface area contributed by atoms with Crippen molar-refractivity contribution in [3.8, 4) is 0 Å². The molecule has 6 heteroatoms. The van der Waals surface area contributed by atoms with Gasteiger partial charge in [0.05, 0.1) is 24.5 Å². The molecule has 0 radical (unpaired) electrons. The average Bonchev–Trinajstić information content (AvgIpc) is 2.77. The van der Waals surface area contributed by atoms with Gasteiger partial charge in [0.25, 0.3) is 0 Å². The van der Waals surface area contributed by atoms with Crippen LogP contribution in [0.4, 0.5) is 0 Å². The first kappa shape index (κ1) is 12.9. The lowest BCUT2D eigenvalue weighted by molar-refractivity contribution is -0.140. The van der Waals surface area contributed by atoms with E-state index in [0.29, 0.717) is 0 Å². The Morgan fingerprint density at radius 1 is 1.38 bits per heavy atom. The molecule has 92 valence electrons. The summed E-state index contributed by atoms with van der Waals surface area (Å²) in [6, 6.07) is 0. The van der Waals surface area contributed by atoms with Crippen LogP contribution in [0.2, 0.25) is 0 Å². The van der Waals surface area contributed by atoms with Crippen LogP contribution in [0, 0.1) is 17.3 Å². The number of aliphatic hydroxyl groups excluding tert-OH is 2. The first-order valence-corrected chi connectivity index (χ1v) is 5.11. The second-order valence-electron chi connectivity index (χ2n) is 4.70. The SMILES string of the molecule is CC1(C)[C@H](C(=O)O)[C@@H]1C(=O)NCC(O)CO. The van der Waals surface area contributed by atoms with Crippen LogP contribution in [-0.2, 0) is 9.59 Å². The summed E-state index contributed by atoms with van der Waals surface area (Å²) < 4.78 is 0. The van der Waals surface area contributed by atoms with Crippen LogP contribution < -0.4 is 5.32 Å². The van der Waals surface area contributed by atoms with Crippen molar-refractivity contribution in [2.45, 2.75) is 20.0 Å². The Morgan fingerprint density at radius 2 is 1.94 bits per heavy atom. The molecule has 16 heavy (non-hydrogen) atoms. The normalized spacial score (nSPS) is 28.2. The summed E-state index contributed by atoms with van der Waals surface area (Å²) in [5.74, 6) is -2.59. The standard InChI is InChI=1S/C10H17NO5/c1-10(2)6(7(10)9(15)16)8(14)11-3-5(13)4-12/h5-7,12-13H,3-4H2,1-2H3,(H,11,14)(H,15,16)/t5?,6-,7+/m1/s1. The van der Waals surface area contributed by atoms with Crippen LogP contribution in [0.3, 0.4) is 0 Å². The molecule has 1 aliphatic carbocycles. The number of carbonyl (C=O) groups is 2. The number of hydrogen-bond donors (Lipinski definition) is 4. The lowest BCUT2D eigenvalue weighted by Gasteiger charge is -2.09. The molecule has 6 nitrogen and oxygen atoms in total. The van der Waals surface area contributed by atoms with Crippen LogP contribution in [0.5, 0.6) is 0 Å². The Labute approximate surface area is 93.3 Å². The van der Waals surface area contributed by atoms with E-state index in [-0.39, 0.29) is 12.5 Å². The van der Waals surface area contributed by atoms with Gasteiger partial charge in [-0.1, -0.05) is 13.8 Å². The quantitative estimate of drug-likeness (QED) is 0.476. The Morgan fingerprint density at radius 3 is 2.31 bits per heavy atom. The molecule has 0 bridgehead atoms. The summed E-state index contributed by atoms with van der Waals surface area (Å²) >= 11 is 0. The van der Waals surface area contributed by atoms with E-state index < -0.39 is 35.9 Å². The van der Waals surface area contributed by atoms with Crippen LogP contribution >= 0.6 is 0 Å². The Kier molecular flexibility index (Phi) is 3.54. The number of carbonyl (C=O) groups excluding carboxylic acids is 1. The monoisotopic (exact) mass is 231 g/mol. The largest absolute Gasteiger partial charge is 0.481 e. The zero-order chi connectivity index (χ0) is 12.5. The van der Waals surface area contributed by atoms with Gasteiger partial charge in [0.1, 0.15) is 0 Å². The molecule has 1 amide bonds. The van der Waals surface area contributed by atoms with E-state index >= 15 is 0 Å². The highest BCUT2D eigenvalue weighted by Gasteiger charge is 2.65. The van der Waals surface area contributed by atoms with Gasteiger partial charge in [-0.15, -0.1) is 0 Å². The minimum Gasteiger partial charge on any atom is -0.481 e. The summed E-state index contributed by atoms with van der Waals surface area (Å²) in [5, 5.41) is 28.9. The van der Waals surface area contributed by atoms with Gasteiger partial charge >= 0.3 is 5.97 Å². The molecule has 1 aliphatic rings. The average molecular weight is 231 g/mol. The lowest BCUT2D eigenvalue weighted by atomic mass is 10.1. The molecule has 0 aromatic heterocycles. The molecule has 1 unspecified atom stereocenters. The first-order chi connectivity index (χ1) is 7.32. The van der Waals surface area contributed by atoms with E-state index in [4.69, 9.17) is 15.3 Å². The Bertz CT molecular complexity index is 302. The number of aliphatic carboxylic acids is 1. The molecular formula is C10H17NO5. The van der Waals surface area contributed by atoms with Crippen molar-refractivity contribution in [1.82, 2.24) is 5.32 Å². The fourth-order valence-corrected chi connectivity index (χ4v) is 1.98. The van der Waals surface area contributed by atoms with Crippen LogP contribution in [0.15, 0.2) is 0 Å². The number of hydrogen-bond acceptors (Lipinski definition) is 4. The van der Waals surface area contributed by atoms with Crippen molar-refractivity contribution in [1.29, 1.82) is 0 Å². The summed E-state index contributed by atoms with van der Waals surface area (Å²) in [5.41, 5.74) is -0.542. The van der Waals surface area contributed by atoms with Crippen molar-refractivity contribution in [2.75, 3.05) is 13.2 Å². The maximum atomic E-state index is 11.6. The minimum atomic E-state index is -1.01. The maximum Gasteiger partial charge on any atom is 0.307 e. The van der Waals surface area contributed by atoms with Crippen molar-refractivity contribution in [3.63, 3.8) is 0 Å². The topological polar surface area (TPSA) is 107 Å². The molecule has 1 fully saturated rings. The van der Waals surface area contributed by atoms with Gasteiger partial charge in [0.2, 0.25) is 5.91 Å².